The molecule has 0 saturated carbocycles. The summed E-state index contributed by atoms with van der Waals surface area (Å²) in [5.74, 6) is 0.185. The van der Waals surface area contributed by atoms with Crippen molar-refractivity contribution in [2.24, 2.45) is 0 Å². The number of hydrogen-bond acceptors (Lipinski definition) is 2. The van der Waals surface area contributed by atoms with Crippen molar-refractivity contribution in [2.75, 3.05) is 24.5 Å². The molecular weight excluding hydrogens is 224 g/mol. The van der Waals surface area contributed by atoms with Crippen LogP contribution in [-0.4, -0.2) is 25.5 Å². The molecule has 0 bridgehead atoms. The van der Waals surface area contributed by atoms with E-state index in [4.69, 9.17) is 0 Å². The molecule has 0 saturated heterocycles. The second-order valence-electron chi connectivity index (χ2n) is 4.82. The maximum atomic E-state index is 11.5. The van der Waals surface area contributed by atoms with Gasteiger partial charge in [-0.05, 0) is 24.5 Å². The molecule has 1 N–H and O–H groups in total. The fourth-order valence-electron chi connectivity index (χ4n) is 2.39. The molecule has 1 heterocycles. The minimum Gasteiger partial charge on any atom is -0.369 e. The van der Waals surface area contributed by atoms with Crippen LogP contribution in [-0.2, 0) is 11.2 Å². The van der Waals surface area contributed by atoms with Crippen LogP contribution in [0.25, 0.3) is 0 Å². The molecule has 1 amide bonds. The van der Waals surface area contributed by atoms with Crippen LogP contribution in [0.4, 0.5) is 5.69 Å². The minimum atomic E-state index is 0.185. The summed E-state index contributed by atoms with van der Waals surface area (Å²) in [6.07, 6.45) is 3.85. The SMILES string of the molecule is CCCCC(=O)NCCN1CCc2ccccc21. The Bertz CT molecular complexity index is 403. The van der Waals surface area contributed by atoms with Gasteiger partial charge in [0.2, 0.25) is 5.91 Å². The smallest absolute Gasteiger partial charge is 0.220 e. The van der Waals surface area contributed by atoms with Crippen molar-refractivity contribution in [3.63, 3.8) is 0 Å². The van der Waals surface area contributed by atoms with E-state index in [9.17, 15) is 4.79 Å². The summed E-state index contributed by atoms with van der Waals surface area (Å²) in [6, 6.07) is 8.53. The molecule has 1 aromatic rings. The lowest BCUT2D eigenvalue weighted by atomic mass is 10.2. The topological polar surface area (TPSA) is 32.3 Å². The molecule has 18 heavy (non-hydrogen) atoms. The Hall–Kier alpha value is -1.51. The Morgan fingerprint density at radius 2 is 2.22 bits per heavy atom. The third-order valence-corrected chi connectivity index (χ3v) is 3.44. The standard InChI is InChI=1S/C15H22N2O/c1-2-3-8-15(18)16-10-12-17-11-9-13-6-4-5-7-14(13)17/h4-7H,2-3,8-12H2,1H3,(H,16,18). The van der Waals surface area contributed by atoms with E-state index < -0.39 is 0 Å². The lowest BCUT2D eigenvalue weighted by Crippen LogP contribution is -2.34. The van der Waals surface area contributed by atoms with Crippen molar-refractivity contribution < 1.29 is 4.79 Å². The number of carbonyl (C=O) groups is 1. The zero-order chi connectivity index (χ0) is 12.8. The molecule has 1 aliphatic rings. The number of hydrogen-bond donors (Lipinski definition) is 1. The first kappa shape index (κ1) is 12.9. The largest absolute Gasteiger partial charge is 0.369 e. The maximum absolute atomic E-state index is 11.5. The second kappa shape index (κ2) is 6.43. The van der Waals surface area contributed by atoms with E-state index in [0.29, 0.717) is 6.42 Å². The highest BCUT2D eigenvalue weighted by Gasteiger charge is 2.17. The third-order valence-electron chi connectivity index (χ3n) is 3.44. The van der Waals surface area contributed by atoms with Gasteiger partial charge in [0.15, 0.2) is 0 Å². The number of unbranched alkanes of at least 4 members (excludes halogenated alkanes) is 1. The van der Waals surface area contributed by atoms with E-state index in [1.807, 2.05) is 0 Å². The first-order chi connectivity index (χ1) is 8.81. The monoisotopic (exact) mass is 246 g/mol. The van der Waals surface area contributed by atoms with Crippen molar-refractivity contribution >= 4 is 11.6 Å². The molecule has 98 valence electrons. The predicted octanol–water partition coefficient (Wildman–Crippen LogP) is 2.36. The molecule has 3 heteroatoms. The summed E-state index contributed by atoms with van der Waals surface area (Å²) >= 11 is 0. The normalized spacial score (nSPS) is 13.5. The van der Waals surface area contributed by atoms with Gasteiger partial charge in [-0.2, -0.15) is 0 Å². The van der Waals surface area contributed by atoms with Crippen LogP contribution in [0.5, 0.6) is 0 Å². The average molecular weight is 246 g/mol. The van der Waals surface area contributed by atoms with E-state index in [0.717, 1.165) is 38.9 Å². The van der Waals surface area contributed by atoms with Crippen LogP contribution in [0.15, 0.2) is 24.3 Å². The molecule has 0 atom stereocenters. The number of amides is 1. The molecule has 1 aromatic carbocycles. The van der Waals surface area contributed by atoms with Crippen molar-refractivity contribution in [2.45, 2.75) is 32.6 Å². The van der Waals surface area contributed by atoms with Crippen molar-refractivity contribution in [1.82, 2.24) is 5.32 Å². The molecule has 0 aliphatic carbocycles. The maximum Gasteiger partial charge on any atom is 0.220 e. The summed E-state index contributed by atoms with van der Waals surface area (Å²) < 4.78 is 0. The van der Waals surface area contributed by atoms with Crippen molar-refractivity contribution in [3.05, 3.63) is 29.8 Å². The predicted molar refractivity (Wildman–Crippen MR) is 74.9 cm³/mol. The van der Waals surface area contributed by atoms with Gasteiger partial charge in [-0.1, -0.05) is 31.5 Å². The second-order valence-corrected chi connectivity index (χ2v) is 4.82. The molecule has 1 aliphatic heterocycles. The van der Waals surface area contributed by atoms with Gasteiger partial charge in [-0.15, -0.1) is 0 Å². The van der Waals surface area contributed by atoms with Gasteiger partial charge >= 0.3 is 0 Å². The highest BCUT2D eigenvalue weighted by atomic mass is 16.1. The van der Waals surface area contributed by atoms with Gasteiger partial charge in [-0.3, -0.25) is 4.79 Å². The fraction of sp³-hybridized carbons (Fsp3) is 0.533. The number of rotatable bonds is 6. The Balaban J connectivity index is 1.74. The van der Waals surface area contributed by atoms with Gasteiger partial charge in [0.1, 0.15) is 0 Å². The summed E-state index contributed by atoms with van der Waals surface area (Å²) in [7, 11) is 0. The van der Waals surface area contributed by atoms with Crippen molar-refractivity contribution in [1.29, 1.82) is 0 Å². The van der Waals surface area contributed by atoms with Crippen LogP contribution in [0.3, 0.4) is 0 Å². The Labute approximate surface area is 109 Å². The summed E-state index contributed by atoms with van der Waals surface area (Å²) in [4.78, 5) is 13.8. The zero-order valence-electron chi connectivity index (χ0n) is 11.1. The molecule has 0 fully saturated rings. The summed E-state index contributed by atoms with van der Waals surface area (Å²) in [5, 5.41) is 2.99. The van der Waals surface area contributed by atoms with E-state index in [1.165, 1.54) is 11.3 Å². The van der Waals surface area contributed by atoms with Gasteiger partial charge in [-0.25, -0.2) is 0 Å². The van der Waals surface area contributed by atoms with Gasteiger partial charge in [0.05, 0.1) is 0 Å². The Kier molecular flexibility index (Phi) is 4.62. The van der Waals surface area contributed by atoms with Crippen LogP contribution in [0, 0.1) is 0 Å². The summed E-state index contributed by atoms with van der Waals surface area (Å²) in [6.45, 7) is 4.84. The number of carbonyl (C=O) groups excluding carboxylic acids is 1. The van der Waals surface area contributed by atoms with Crippen LogP contribution in [0.1, 0.15) is 31.7 Å². The third kappa shape index (κ3) is 3.25. The minimum absolute atomic E-state index is 0.185. The average Bonchev–Trinajstić information content (AvgIpc) is 2.80. The van der Waals surface area contributed by atoms with Crippen molar-refractivity contribution in [3.8, 4) is 0 Å². The van der Waals surface area contributed by atoms with E-state index in [2.05, 4.69) is 41.4 Å². The Morgan fingerprint density at radius 1 is 1.39 bits per heavy atom. The fourth-order valence-corrected chi connectivity index (χ4v) is 2.39. The molecular formula is C15H22N2O. The Morgan fingerprint density at radius 3 is 3.06 bits per heavy atom. The van der Waals surface area contributed by atoms with Crippen LogP contribution in [0.2, 0.25) is 0 Å². The number of fused-ring (bicyclic) bond motifs is 1. The van der Waals surface area contributed by atoms with E-state index >= 15 is 0 Å². The van der Waals surface area contributed by atoms with E-state index in [1.54, 1.807) is 0 Å². The highest BCUT2D eigenvalue weighted by Crippen LogP contribution is 2.26. The van der Waals surface area contributed by atoms with E-state index in [-0.39, 0.29) is 5.91 Å². The molecule has 3 nitrogen and oxygen atoms in total. The first-order valence-electron chi connectivity index (χ1n) is 6.91. The molecule has 0 radical (unpaired) electrons. The van der Waals surface area contributed by atoms with Gasteiger partial charge in [0.25, 0.3) is 0 Å². The number of nitrogens with zero attached hydrogens (tertiary/aromatic N) is 1. The first-order valence-corrected chi connectivity index (χ1v) is 6.91. The quantitative estimate of drug-likeness (QED) is 0.835. The zero-order valence-corrected chi connectivity index (χ0v) is 11.1. The lowest BCUT2D eigenvalue weighted by Gasteiger charge is -2.19. The highest BCUT2D eigenvalue weighted by molar-refractivity contribution is 5.75. The molecule has 0 spiro atoms. The number of anilines is 1. The van der Waals surface area contributed by atoms with Crippen LogP contribution >= 0.6 is 0 Å². The summed E-state index contributed by atoms with van der Waals surface area (Å²) in [5.41, 5.74) is 2.76. The molecule has 0 unspecified atom stereocenters. The number of benzene rings is 1. The number of nitrogens with one attached hydrogen (secondary N) is 1. The van der Waals surface area contributed by atoms with Gasteiger partial charge in [0, 0.05) is 31.7 Å². The van der Waals surface area contributed by atoms with Gasteiger partial charge < -0.3 is 10.2 Å². The lowest BCUT2D eigenvalue weighted by molar-refractivity contribution is -0.121. The number of para-hydroxylation sites is 1. The molecule has 2 rings (SSSR count). The van der Waals surface area contributed by atoms with Crippen LogP contribution < -0.4 is 10.2 Å². The molecule has 0 aromatic heterocycles.